The number of nitrogens with zero attached hydrogens (tertiary/aromatic N) is 1. The van der Waals surface area contributed by atoms with E-state index in [0.29, 0.717) is 16.5 Å². The van der Waals surface area contributed by atoms with Crippen LogP contribution >= 0.6 is 15.9 Å². The Morgan fingerprint density at radius 1 is 1.67 bits per heavy atom. The van der Waals surface area contributed by atoms with Gasteiger partial charge >= 0.3 is 0 Å². The molecule has 1 atom stereocenters. The van der Waals surface area contributed by atoms with E-state index in [-0.39, 0.29) is 17.4 Å². The lowest BCUT2D eigenvalue weighted by Crippen LogP contribution is -2.10. The molecule has 0 aliphatic carbocycles. The number of phenolic OH excluding ortho intramolecular Hbond substituents is 1. The van der Waals surface area contributed by atoms with Crippen LogP contribution in [-0.2, 0) is 0 Å². The van der Waals surface area contributed by atoms with E-state index in [2.05, 4.69) is 22.5 Å². The average molecular weight is 267 g/mol. The van der Waals surface area contributed by atoms with Gasteiger partial charge in [0, 0.05) is 16.1 Å². The highest BCUT2D eigenvalue weighted by molar-refractivity contribution is 9.10. The molecule has 0 aromatic heterocycles. The molecule has 1 aromatic rings. The molecule has 0 amide bonds. The van der Waals surface area contributed by atoms with Crippen molar-refractivity contribution in [3.63, 3.8) is 0 Å². The normalized spacial score (nSPS) is 11.8. The number of hydrogen-bond acceptors (Lipinski definition) is 3. The topological polar surface area (TPSA) is 70.0 Å². The van der Waals surface area contributed by atoms with E-state index in [1.165, 1.54) is 0 Å². The van der Waals surface area contributed by atoms with Crippen LogP contribution in [0.4, 0.5) is 0 Å². The van der Waals surface area contributed by atoms with Gasteiger partial charge in [0.1, 0.15) is 11.8 Å². The molecule has 0 saturated heterocycles. The van der Waals surface area contributed by atoms with E-state index >= 15 is 0 Å². The summed E-state index contributed by atoms with van der Waals surface area (Å²) in [5.41, 5.74) is 6.64. The summed E-state index contributed by atoms with van der Waals surface area (Å²) < 4.78 is 0.702. The number of benzene rings is 1. The summed E-state index contributed by atoms with van der Waals surface area (Å²) in [6.45, 7) is 3.59. The molecule has 0 aliphatic rings. The molecule has 0 bridgehead atoms. The van der Waals surface area contributed by atoms with E-state index in [9.17, 15) is 5.11 Å². The molecular formula is C11H11BrN2O. The van der Waals surface area contributed by atoms with E-state index in [4.69, 9.17) is 11.0 Å². The highest BCUT2D eigenvalue weighted by Gasteiger charge is 2.16. The number of phenols is 1. The van der Waals surface area contributed by atoms with Crippen LogP contribution < -0.4 is 5.73 Å². The maximum absolute atomic E-state index is 9.80. The Kier molecular flexibility index (Phi) is 3.89. The standard InChI is InChI=1S/C11H11BrN2O/c1-2-3-9(14)10-8(12)5-4-7(6-13)11(10)15/h2,4-5,9,15H,1,3,14H2/t9-/m1/s1. The summed E-state index contributed by atoms with van der Waals surface area (Å²) in [4.78, 5) is 0. The molecular weight excluding hydrogens is 256 g/mol. The third-order valence-corrected chi connectivity index (χ3v) is 2.77. The Bertz CT molecular complexity index is 423. The van der Waals surface area contributed by atoms with Crippen molar-refractivity contribution in [1.29, 1.82) is 5.26 Å². The van der Waals surface area contributed by atoms with Crippen LogP contribution in [0.1, 0.15) is 23.6 Å². The maximum atomic E-state index is 9.80. The minimum Gasteiger partial charge on any atom is -0.506 e. The smallest absolute Gasteiger partial charge is 0.139 e. The molecule has 0 aliphatic heterocycles. The minimum absolute atomic E-state index is 0.0544. The second kappa shape index (κ2) is 4.96. The van der Waals surface area contributed by atoms with Crippen LogP contribution in [-0.4, -0.2) is 5.11 Å². The van der Waals surface area contributed by atoms with Crippen LogP contribution in [0.25, 0.3) is 0 Å². The third-order valence-electron chi connectivity index (χ3n) is 2.08. The fourth-order valence-corrected chi connectivity index (χ4v) is 1.94. The number of rotatable bonds is 3. The molecule has 0 radical (unpaired) electrons. The van der Waals surface area contributed by atoms with Gasteiger partial charge in [-0.1, -0.05) is 22.0 Å². The monoisotopic (exact) mass is 266 g/mol. The molecule has 0 unspecified atom stereocenters. The molecule has 3 N–H and O–H groups in total. The molecule has 0 saturated carbocycles. The van der Waals surface area contributed by atoms with Gasteiger partial charge in [-0.15, -0.1) is 6.58 Å². The Morgan fingerprint density at radius 2 is 2.33 bits per heavy atom. The van der Waals surface area contributed by atoms with Gasteiger partial charge in [0.2, 0.25) is 0 Å². The van der Waals surface area contributed by atoms with Gasteiger partial charge in [-0.25, -0.2) is 0 Å². The number of halogens is 1. The molecule has 1 rings (SSSR count). The predicted molar refractivity (Wildman–Crippen MR) is 62.3 cm³/mol. The third kappa shape index (κ3) is 2.38. The van der Waals surface area contributed by atoms with Gasteiger partial charge < -0.3 is 10.8 Å². The first-order chi connectivity index (χ1) is 7.11. The van der Waals surface area contributed by atoms with Gasteiger partial charge in [0.25, 0.3) is 0 Å². The summed E-state index contributed by atoms with van der Waals surface area (Å²) in [6, 6.07) is 4.80. The number of hydrogen-bond donors (Lipinski definition) is 2. The largest absolute Gasteiger partial charge is 0.506 e. The lowest BCUT2D eigenvalue weighted by atomic mass is 10.0. The van der Waals surface area contributed by atoms with E-state index in [1.54, 1.807) is 18.2 Å². The van der Waals surface area contributed by atoms with Crippen LogP contribution in [0.15, 0.2) is 29.3 Å². The maximum Gasteiger partial charge on any atom is 0.139 e. The highest BCUT2D eigenvalue weighted by atomic mass is 79.9. The second-order valence-electron chi connectivity index (χ2n) is 3.10. The van der Waals surface area contributed by atoms with Crippen LogP contribution in [0.3, 0.4) is 0 Å². The second-order valence-corrected chi connectivity index (χ2v) is 3.95. The van der Waals surface area contributed by atoms with Crippen LogP contribution in [0.5, 0.6) is 5.75 Å². The zero-order valence-corrected chi connectivity index (χ0v) is 9.66. The molecule has 0 spiro atoms. The van der Waals surface area contributed by atoms with Crippen molar-refractivity contribution >= 4 is 15.9 Å². The Balaban J connectivity index is 3.27. The molecule has 3 nitrogen and oxygen atoms in total. The lowest BCUT2D eigenvalue weighted by molar-refractivity contribution is 0.459. The van der Waals surface area contributed by atoms with Crippen molar-refractivity contribution in [2.24, 2.45) is 5.73 Å². The molecule has 0 heterocycles. The summed E-state index contributed by atoms with van der Waals surface area (Å²) in [7, 11) is 0. The summed E-state index contributed by atoms with van der Waals surface area (Å²) >= 11 is 3.30. The summed E-state index contributed by atoms with van der Waals surface area (Å²) in [5, 5.41) is 18.6. The zero-order chi connectivity index (χ0) is 11.4. The van der Waals surface area contributed by atoms with Crippen LogP contribution in [0, 0.1) is 11.3 Å². The Hall–Kier alpha value is -1.31. The first-order valence-corrected chi connectivity index (χ1v) is 5.19. The van der Waals surface area contributed by atoms with Crippen molar-refractivity contribution in [3.05, 3.63) is 40.4 Å². The van der Waals surface area contributed by atoms with Crippen molar-refractivity contribution in [2.45, 2.75) is 12.5 Å². The predicted octanol–water partition coefficient (Wildman–Crippen LogP) is 2.60. The van der Waals surface area contributed by atoms with Gasteiger partial charge in [-0.05, 0) is 18.6 Å². The SMILES string of the molecule is C=CC[C@@H](N)c1c(Br)ccc(C#N)c1O. The van der Waals surface area contributed by atoms with E-state index in [1.807, 2.05) is 6.07 Å². The molecule has 0 fully saturated rings. The quantitative estimate of drug-likeness (QED) is 0.827. The van der Waals surface area contributed by atoms with E-state index in [0.717, 1.165) is 0 Å². The summed E-state index contributed by atoms with van der Waals surface area (Å²) in [5.74, 6) is -0.0544. The molecule has 4 heteroatoms. The van der Waals surface area contributed by atoms with Crippen molar-refractivity contribution < 1.29 is 5.11 Å². The summed E-state index contributed by atoms with van der Waals surface area (Å²) in [6.07, 6.45) is 2.22. The average Bonchev–Trinajstić information content (AvgIpc) is 2.18. The minimum atomic E-state index is -0.356. The van der Waals surface area contributed by atoms with Gasteiger partial charge in [-0.3, -0.25) is 0 Å². The number of nitrogens with two attached hydrogens (primary N) is 1. The Morgan fingerprint density at radius 3 is 2.87 bits per heavy atom. The number of aromatic hydroxyl groups is 1. The Labute approximate surface area is 97.0 Å². The van der Waals surface area contributed by atoms with Gasteiger partial charge in [-0.2, -0.15) is 5.26 Å². The fourth-order valence-electron chi connectivity index (χ4n) is 1.32. The molecule has 1 aromatic carbocycles. The van der Waals surface area contributed by atoms with Crippen LogP contribution in [0.2, 0.25) is 0 Å². The van der Waals surface area contributed by atoms with Gasteiger partial charge in [0.05, 0.1) is 5.56 Å². The van der Waals surface area contributed by atoms with Gasteiger partial charge in [0.15, 0.2) is 0 Å². The zero-order valence-electron chi connectivity index (χ0n) is 8.07. The van der Waals surface area contributed by atoms with Crippen molar-refractivity contribution in [3.8, 4) is 11.8 Å². The van der Waals surface area contributed by atoms with E-state index < -0.39 is 0 Å². The van der Waals surface area contributed by atoms with Crippen molar-refractivity contribution in [1.82, 2.24) is 0 Å². The fraction of sp³-hybridized carbons (Fsp3) is 0.182. The van der Waals surface area contributed by atoms with Crippen molar-refractivity contribution in [2.75, 3.05) is 0 Å². The molecule has 78 valence electrons. The first kappa shape index (κ1) is 11.8. The lowest BCUT2D eigenvalue weighted by Gasteiger charge is -2.14. The molecule has 15 heavy (non-hydrogen) atoms. The highest BCUT2D eigenvalue weighted by Crippen LogP contribution is 2.34. The first-order valence-electron chi connectivity index (χ1n) is 4.39. The number of nitriles is 1.